The third-order valence-corrected chi connectivity index (χ3v) is 3.74. The molecule has 1 amide bonds. The molecule has 0 heterocycles. The van der Waals surface area contributed by atoms with Gasteiger partial charge >= 0.3 is 6.18 Å². The Labute approximate surface area is 115 Å². The number of anilines is 1. The summed E-state index contributed by atoms with van der Waals surface area (Å²) in [5, 5.41) is 0. The molecule has 20 heavy (non-hydrogen) atoms. The van der Waals surface area contributed by atoms with E-state index in [2.05, 4.69) is 6.92 Å². The highest BCUT2D eigenvalue weighted by Crippen LogP contribution is 2.38. The lowest BCUT2D eigenvalue weighted by atomic mass is 10.1. The Morgan fingerprint density at radius 3 is 2.55 bits per heavy atom. The van der Waals surface area contributed by atoms with E-state index in [1.165, 1.54) is 4.90 Å². The van der Waals surface area contributed by atoms with Crippen molar-refractivity contribution >= 4 is 11.6 Å². The van der Waals surface area contributed by atoms with E-state index in [0.29, 0.717) is 18.4 Å². The minimum atomic E-state index is -4.48. The molecule has 0 radical (unpaired) electrons. The minimum Gasteiger partial charge on any atom is -0.398 e. The number of amides is 1. The van der Waals surface area contributed by atoms with Crippen LogP contribution in [0.1, 0.15) is 29.3 Å². The fraction of sp³-hybridized carbons (Fsp3) is 0.500. The lowest BCUT2D eigenvalue weighted by molar-refractivity contribution is -0.137. The molecule has 1 aliphatic carbocycles. The molecule has 1 aromatic rings. The first-order chi connectivity index (χ1) is 9.20. The number of nitrogens with two attached hydrogens (primary N) is 1. The van der Waals surface area contributed by atoms with Crippen molar-refractivity contribution in [3.8, 4) is 0 Å². The number of hydrogen-bond donors (Lipinski definition) is 1. The van der Waals surface area contributed by atoms with Crippen molar-refractivity contribution in [3.63, 3.8) is 0 Å². The zero-order valence-electron chi connectivity index (χ0n) is 11.4. The lowest BCUT2D eigenvalue weighted by Crippen LogP contribution is -2.30. The minimum absolute atomic E-state index is 0.0682. The van der Waals surface area contributed by atoms with Gasteiger partial charge in [-0.25, -0.2) is 0 Å². The van der Waals surface area contributed by atoms with Crippen LogP contribution >= 0.6 is 0 Å². The van der Waals surface area contributed by atoms with Gasteiger partial charge in [-0.2, -0.15) is 13.2 Å². The van der Waals surface area contributed by atoms with Gasteiger partial charge in [0.05, 0.1) is 11.1 Å². The number of nitrogens with zero attached hydrogens (tertiary/aromatic N) is 1. The number of rotatable bonds is 3. The number of nitrogen functional groups attached to an aromatic ring is 1. The Bertz CT molecular complexity index is 528. The largest absolute Gasteiger partial charge is 0.416 e. The predicted molar refractivity (Wildman–Crippen MR) is 70.1 cm³/mol. The van der Waals surface area contributed by atoms with Crippen LogP contribution in [0.15, 0.2) is 18.2 Å². The Morgan fingerprint density at radius 2 is 2.05 bits per heavy atom. The molecule has 0 aromatic heterocycles. The summed E-state index contributed by atoms with van der Waals surface area (Å²) in [5.74, 6) is 0.549. The van der Waals surface area contributed by atoms with Gasteiger partial charge in [0.25, 0.3) is 5.91 Å². The van der Waals surface area contributed by atoms with Crippen LogP contribution in [0.4, 0.5) is 18.9 Å². The third kappa shape index (κ3) is 3.05. The lowest BCUT2D eigenvalue weighted by Gasteiger charge is -2.19. The molecule has 0 spiro atoms. The zero-order chi connectivity index (χ0) is 15.1. The van der Waals surface area contributed by atoms with Crippen LogP contribution in [0.2, 0.25) is 0 Å². The maximum absolute atomic E-state index is 12.7. The van der Waals surface area contributed by atoms with Gasteiger partial charge in [-0.15, -0.1) is 0 Å². The van der Waals surface area contributed by atoms with Crippen molar-refractivity contribution in [2.45, 2.75) is 19.5 Å². The van der Waals surface area contributed by atoms with Crippen molar-refractivity contribution in [2.75, 3.05) is 19.3 Å². The van der Waals surface area contributed by atoms with Crippen molar-refractivity contribution in [2.24, 2.45) is 11.8 Å². The maximum Gasteiger partial charge on any atom is 0.416 e. The molecule has 1 aliphatic rings. The average molecular weight is 286 g/mol. The van der Waals surface area contributed by atoms with Gasteiger partial charge in [-0.05, 0) is 36.5 Å². The van der Waals surface area contributed by atoms with Crippen molar-refractivity contribution < 1.29 is 18.0 Å². The van der Waals surface area contributed by atoms with Crippen LogP contribution in [-0.2, 0) is 6.18 Å². The van der Waals surface area contributed by atoms with Crippen LogP contribution in [0.3, 0.4) is 0 Å². The maximum atomic E-state index is 12.7. The molecule has 2 N–H and O–H groups in total. The van der Waals surface area contributed by atoms with E-state index in [1.54, 1.807) is 7.05 Å². The normalized spacial score (nSPS) is 21.6. The molecule has 0 aliphatic heterocycles. The summed E-state index contributed by atoms with van der Waals surface area (Å²) in [6.07, 6.45) is -3.43. The molecule has 6 heteroatoms. The molecular formula is C14H17F3N2O. The number of benzene rings is 1. The third-order valence-electron chi connectivity index (χ3n) is 3.74. The first-order valence-electron chi connectivity index (χ1n) is 6.42. The van der Waals surface area contributed by atoms with Gasteiger partial charge < -0.3 is 10.6 Å². The van der Waals surface area contributed by atoms with Gasteiger partial charge in [0.2, 0.25) is 0 Å². The molecule has 110 valence electrons. The van der Waals surface area contributed by atoms with Gasteiger partial charge in [-0.3, -0.25) is 4.79 Å². The van der Waals surface area contributed by atoms with Gasteiger partial charge in [0.1, 0.15) is 0 Å². The summed E-state index contributed by atoms with van der Waals surface area (Å²) >= 11 is 0. The van der Waals surface area contributed by atoms with Gasteiger partial charge in [0, 0.05) is 19.3 Å². The highest BCUT2D eigenvalue weighted by molar-refractivity contribution is 5.99. The van der Waals surface area contributed by atoms with E-state index in [-0.39, 0.29) is 11.3 Å². The van der Waals surface area contributed by atoms with Crippen LogP contribution in [-0.4, -0.2) is 24.4 Å². The number of alkyl halides is 3. The van der Waals surface area contributed by atoms with E-state index in [1.807, 2.05) is 0 Å². The quantitative estimate of drug-likeness (QED) is 0.868. The smallest absolute Gasteiger partial charge is 0.398 e. The standard InChI is InChI=1S/C14H17F3N2O/c1-8-5-9(8)7-19(2)13(20)11-6-10(14(15,16)17)3-4-12(11)18/h3-4,6,8-9H,5,7,18H2,1-2H3. The second-order valence-corrected chi connectivity index (χ2v) is 5.46. The Hall–Kier alpha value is -1.72. The number of halogens is 3. The van der Waals surface area contributed by atoms with E-state index in [0.717, 1.165) is 24.6 Å². The second kappa shape index (κ2) is 5.00. The summed E-state index contributed by atoms with van der Waals surface area (Å²) in [6, 6.07) is 2.84. The molecule has 1 fully saturated rings. The fourth-order valence-electron chi connectivity index (χ4n) is 2.21. The number of carbonyl (C=O) groups excluding carboxylic acids is 1. The average Bonchev–Trinajstić information content (AvgIpc) is 3.03. The number of carbonyl (C=O) groups is 1. The summed E-state index contributed by atoms with van der Waals surface area (Å²) < 4.78 is 38.0. The topological polar surface area (TPSA) is 46.3 Å². The highest BCUT2D eigenvalue weighted by Gasteiger charge is 2.35. The van der Waals surface area contributed by atoms with Crippen molar-refractivity contribution in [1.82, 2.24) is 4.90 Å². The van der Waals surface area contributed by atoms with Gasteiger partial charge in [0.15, 0.2) is 0 Å². The van der Waals surface area contributed by atoms with Crippen LogP contribution < -0.4 is 5.73 Å². The fourth-order valence-corrected chi connectivity index (χ4v) is 2.21. The summed E-state index contributed by atoms with van der Waals surface area (Å²) in [5.41, 5.74) is 4.75. The predicted octanol–water partition coefficient (Wildman–Crippen LogP) is 3.02. The summed E-state index contributed by atoms with van der Waals surface area (Å²) in [6.45, 7) is 2.64. The zero-order valence-corrected chi connectivity index (χ0v) is 11.4. The van der Waals surface area contributed by atoms with Crippen LogP contribution in [0, 0.1) is 11.8 Å². The molecule has 0 bridgehead atoms. The van der Waals surface area contributed by atoms with Gasteiger partial charge in [-0.1, -0.05) is 6.92 Å². The summed E-state index contributed by atoms with van der Waals surface area (Å²) in [7, 11) is 1.59. The Kier molecular flexibility index (Phi) is 3.67. The molecular weight excluding hydrogens is 269 g/mol. The Balaban J connectivity index is 2.20. The van der Waals surface area contributed by atoms with Crippen molar-refractivity contribution in [1.29, 1.82) is 0 Å². The number of hydrogen-bond acceptors (Lipinski definition) is 2. The molecule has 2 rings (SSSR count). The van der Waals surface area contributed by atoms with E-state index >= 15 is 0 Å². The van der Waals surface area contributed by atoms with Crippen molar-refractivity contribution in [3.05, 3.63) is 29.3 Å². The monoisotopic (exact) mass is 286 g/mol. The molecule has 1 aromatic carbocycles. The Morgan fingerprint density at radius 1 is 1.45 bits per heavy atom. The van der Waals surface area contributed by atoms with Crippen LogP contribution in [0.25, 0.3) is 0 Å². The molecule has 2 unspecified atom stereocenters. The van der Waals surface area contributed by atoms with Crippen LogP contribution in [0.5, 0.6) is 0 Å². The molecule has 3 nitrogen and oxygen atoms in total. The van der Waals surface area contributed by atoms with E-state index in [9.17, 15) is 18.0 Å². The SMILES string of the molecule is CC1CC1CN(C)C(=O)c1cc(C(F)(F)F)ccc1N. The highest BCUT2D eigenvalue weighted by atomic mass is 19.4. The molecule has 1 saturated carbocycles. The second-order valence-electron chi connectivity index (χ2n) is 5.46. The molecule has 2 atom stereocenters. The molecule has 0 saturated heterocycles. The summed E-state index contributed by atoms with van der Waals surface area (Å²) in [4.78, 5) is 13.6. The first kappa shape index (κ1) is 14.7. The van der Waals surface area contributed by atoms with E-state index in [4.69, 9.17) is 5.73 Å². The van der Waals surface area contributed by atoms with E-state index < -0.39 is 17.6 Å². The first-order valence-corrected chi connectivity index (χ1v) is 6.42.